The van der Waals surface area contributed by atoms with Crippen molar-refractivity contribution < 1.29 is 13.6 Å². The van der Waals surface area contributed by atoms with Gasteiger partial charge in [-0.2, -0.15) is 0 Å². The van der Waals surface area contributed by atoms with Crippen LogP contribution in [0, 0.1) is 3.70 Å². The topological polar surface area (TPSA) is 30.0 Å². The first-order valence-electron chi connectivity index (χ1n) is 3.58. The number of pyridine rings is 1. The molecule has 1 heterocycles. The highest BCUT2D eigenvalue weighted by Crippen LogP contribution is 2.25. The van der Waals surface area contributed by atoms with E-state index in [1.54, 1.807) is 6.07 Å². The Balaban J connectivity index is 3.39. The van der Waals surface area contributed by atoms with Crippen molar-refractivity contribution in [3.63, 3.8) is 0 Å². The molecule has 6 heteroatoms. The predicted molar refractivity (Wildman–Crippen MR) is 59.9 cm³/mol. The fourth-order valence-electron chi connectivity index (χ4n) is 1.01. The third-order valence-corrected chi connectivity index (χ3v) is 2.77. The molecule has 1 rings (SSSR count). The van der Waals surface area contributed by atoms with E-state index in [0.717, 1.165) is 0 Å². The van der Waals surface area contributed by atoms with Gasteiger partial charge in [0, 0.05) is 10.9 Å². The van der Waals surface area contributed by atoms with Crippen LogP contribution in [0.15, 0.2) is 6.07 Å². The van der Waals surface area contributed by atoms with Crippen LogP contribution in [-0.4, -0.2) is 11.3 Å². The number of hydrogen-bond donors (Lipinski definition) is 0. The smallest absolute Gasteiger partial charge is 0.281 e. The fraction of sp³-hybridized carbons (Fsp3) is 0.250. The Labute approximate surface area is 101 Å². The number of halogens is 4. The molecular weight excluding hydrogens is 371 g/mol. The fourth-order valence-corrected chi connectivity index (χ4v) is 2.11. The standard InChI is InChI=1S/C8H5BrF2INO/c9-2-4-1-6(12)13-7(8(10)11)5(4)3-14/h1,3,8H,2H2. The zero-order chi connectivity index (χ0) is 10.7. The van der Waals surface area contributed by atoms with E-state index in [9.17, 15) is 13.6 Å². The maximum absolute atomic E-state index is 12.5. The summed E-state index contributed by atoms with van der Waals surface area (Å²) in [5.41, 5.74) is 0.0772. The van der Waals surface area contributed by atoms with E-state index in [-0.39, 0.29) is 5.56 Å². The molecule has 0 spiro atoms. The molecular formula is C8H5BrF2INO. The molecule has 0 N–H and O–H groups in total. The van der Waals surface area contributed by atoms with Gasteiger partial charge in [-0.05, 0) is 34.2 Å². The number of carbonyl (C=O) groups is 1. The minimum Gasteiger partial charge on any atom is -0.298 e. The van der Waals surface area contributed by atoms with Crippen LogP contribution in [0.2, 0.25) is 0 Å². The Morgan fingerprint density at radius 1 is 1.64 bits per heavy atom. The molecule has 0 amide bonds. The van der Waals surface area contributed by atoms with Gasteiger partial charge in [0.1, 0.15) is 9.39 Å². The third kappa shape index (κ3) is 2.47. The van der Waals surface area contributed by atoms with Crippen molar-refractivity contribution in [3.8, 4) is 0 Å². The van der Waals surface area contributed by atoms with Crippen LogP contribution in [0.1, 0.15) is 28.0 Å². The SMILES string of the molecule is O=Cc1c(CBr)cc(I)nc1C(F)F. The van der Waals surface area contributed by atoms with E-state index < -0.39 is 12.1 Å². The molecule has 0 aromatic carbocycles. The van der Waals surface area contributed by atoms with Crippen molar-refractivity contribution in [2.24, 2.45) is 0 Å². The van der Waals surface area contributed by atoms with E-state index in [1.807, 2.05) is 22.6 Å². The quantitative estimate of drug-likeness (QED) is 0.351. The Bertz CT molecular complexity index is 359. The number of carbonyl (C=O) groups excluding carboxylic acids is 1. The first-order chi connectivity index (χ1) is 6.60. The van der Waals surface area contributed by atoms with Crippen LogP contribution in [0.3, 0.4) is 0 Å². The predicted octanol–water partition coefficient (Wildman–Crippen LogP) is 3.33. The van der Waals surface area contributed by atoms with Crippen LogP contribution in [0.25, 0.3) is 0 Å². The summed E-state index contributed by atoms with van der Waals surface area (Å²) >= 11 is 4.97. The second-order valence-electron chi connectivity index (χ2n) is 2.46. The Hall–Kier alpha value is -0.110. The molecule has 14 heavy (non-hydrogen) atoms. The lowest BCUT2D eigenvalue weighted by atomic mass is 10.1. The van der Waals surface area contributed by atoms with Gasteiger partial charge in [0.15, 0.2) is 6.29 Å². The Morgan fingerprint density at radius 2 is 2.29 bits per heavy atom. The molecule has 76 valence electrons. The zero-order valence-corrected chi connectivity index (χ0v) is 10.5. The van der Waals surface area contributed by atoms with E-state index in [1.165, 1.54) is 0 Å². The second kappa shape index (κ2) is 5.11. The largest absolute Gasteiger partial charge is 0.298 e. The van der Waals surface area contributed by atoms with Crippen LogP contribution >= 0.6 is 38.5 Å². The molecule has 0 saturated heterocycles. The lowest BCUT2D eigenvalue weighted by Crippen LogP contribution is -2.03. The summed E-state index contributed by atoms with van der Waals surface area (Å²) in [5.74, 6) is 0. The molecule has 1 aromatic heterocycles. The van der Waals surface area contributed by atoms with Crippen LogP contribution in [-0.2, 0) is 5.33 Å². The molecule has 0 aliphatic rings. The first kappa shape index (κ1) is 12.0. The lowest BCUT2D eigenvalue weighted by Gasteiger charge is -2.07. The van der Waals surface area contributed by atoms with Gasteiger partial charge in [-0.25, -0.2) is 13.8 Å². The Kier molecular flexibility index (Phi) is 4.36. The maximum Gasteiger partial charge on any atom is 0.281 e. The van der Waals surface area contributed by atoms with Crippen LogP contribution in [0.5, 0.6) is 0 Å². The van der Waals surface area contributed by atoms with E-state index >= 15 is 0 Å². The number of alkyl halides is 3. The van der Waals surface area contributed by atoms with E-state index in [4.69, 9.17) is 0 Å². The minimum atomic E-state index is -2.72. The second-order valence-corrected chi connectivity index (χ2v) is 4.12. The minimum absolute atomic E-state index is 0.0164. The van der Waals surface area contributed by atoms with Crippen LogP contribution < -0.4 is 0 Å². The highest BCUT2D eigenvalue weighted by molar-refractivity contribution is 14.1. The van der Waals surface area contributed by atoms with Gasteiger partial charge < -0.3 is 0 Å². The molecule has 1 aromatic rings. The van der Waals surface area contributed by atoms with Crippen LogP contribution in [0.4, 0.5) is 8.78 Å². The number of hydrogen-bond acceptors (Lipinski definition) is 2. The molecule has 0 bridgehead atoms. The highest BCUT2D eigenvalue weighted by atomic mass is 127. The third-order valence-electron chi connectivity index (χ3n) is 1.61. The van der Waals surface area contributed by atoms with Crippen molar-refractivity contribution >= 4 is 44.8 Å². The summed E-state index contributed by atoms with van der Waals surface area (Å²) in [7, 11) is 0. The van der Waals surface area contributed by atoms with Gasteiger partial charge in [-0.1, -0.05) is 15.9 Å². The summed E-state index contributed by atoms with van der Waals surface area (Å²) in [6.45, 7) is 0. The van der Waals surface area contributed by atoms with Gasteiger partial charge in [-0.3, -0.25) is 4.79 Å². The normalized spacial score (nSPS) is 10.6. The molecule has 0 unspecified atom stereocenters. The molecule has 0 saturated carbocycles. The van der Waals surface area contributed by atoms with Gasteiger partial charge in [0.25, 0.3) is 6.43 Å². The zero-order valence-electron chi connectivity index (χ0n) is 6.81. The first-order valence-corrected chi connectivity index (χ1v) is 5.78. The van der Waals surface area contributed by atoms with Crippen molar-refractivity contribution in [2.75, 3.05) is 0 Å². The summed E-state index contributed by atoms with van der Waals surface area (Å²) in [4.78, 5) is 14.3. The Morgan fingerprint density at radius 3 is 2.71 bits per heavy atom. The molecule has 0 radical (unpaired) electrons. The lowest BCUT2D eigenvalue weighted by molar-refractivity contribution is 0.110. The summed E-state index contributed by atoms with van der Waals surface area (Å²) < 4.78 is 25.4. The summed E-state index contributed by atoms with van der Waals surface area (Å²) in [6, 6.07) is 1.60. The van der Waals surface area contributed by atoms with Crippen molar-refractivity contribution in [1.82, 2.24) is 4.98 Å². The monoisotopic (exact) mass is 375 g/mol. The average Bonchev–Trinajstić information content (AvgIpc) is 2.16. The van der Waals surface area contributed by atoms with Gasteiger partial charge >= 0.3 is 0 Å². The van der Waals surface area contributed by atoms with Crippen molar-refractivity contribution in [2.45, 2.75) is 11.8 Å². The molecule has 0 fully saturated rings. The maximum atomic E-state index is 12.5. The van der Waals surface area contributed by atoms with Gasteiger partial charge in [-0.15, -0.1) is 0 Å². The summed E-state index contributed by atoms with van der Waals surface area (Å²) in [6.07, 6.45) is -2.30. The van der Waals surface area contributed by atoms with Gasteiger partial charge in [0.05, 0.1) is 0 Å². The summed E-state index contributed by atoms with van der Waals surface area (Å²) in [5, 5.41) is 0.360. The van der Waals surface area contributed by atoms with E-state index in [2.05, 4.69) is 20.9 Å². The number of rotatable bonds is 3. The van der Waals surface area contributed by atoms with Gasteiger partial charge in [0.2, 0.25) is 0 Å². The number of aldehydes is 1. The number of nitrogens with zero attached hydrogens (tertiary/aromatic N) is 1. The average molecular weight is 376 g/mol. The molecule has 0 atom stereocenters. The molecule has 0 aliphatic carbocycles. The number of aromatic nitrogens is 1. The highest BCUT2D eigenvalue weighted by Gasteiger charge is 2.18. The molecule has 0 aliphatic heterocycles. The van der Waals surface area contributed by atoms with Crippen molar-refractivity contribution in [3.05, 3.63) is 26.6 Å². The molecule has 2 nitrogen and oxygen atoms in total. The van der Waals surface area contributed by atoms with E-state index in [0.29, 0.717) is 20.9 Å². The van der Waals surface area contributed by atoms with Crippen molar-refractivity contribution in [1.29, 1.82) is 0 Å².